The van der Waals surface area contributed by atoms with Crippen LogP contribution in [0.3, 0.4) is 0 Å². The van der Waals surface area contributed by atoms with Crippen LogP contribution in [0.4, 0.5) is 0 Å². The van der Waals surface area contributed by atoms with Crippen LogP contribution >= 0.6 is 0 Å². The van der Waals surface area contributed by atoms with Crippen LogP contribution in [-0.2, 0) is 19.1 Å². The Balaban J connectivity index is 4.53. The van der Waals surface area contributed by atoms with Gasteiger partial charge in [-0.15, -0.1) is 0 Å². The number of rotatable bonds is 37. The summed E-state index contributed by atoms with van der Waals surface area (Å²) in [6.07, 6.45) is 37.6. The number of imide groups is 1. The molecule has 0 aromatic rings. The van der Waals surface area contributed by atoms with Crippen molar-refractivity contribution in [3.05, 3.63) is 0 Å². The molecule has 0 aromatic heterocycles. The summed E-state index contributed by atoms with van der Waals surface area (Å²) in [6.45, 7) is 7.06. The molecule has 6 heteroatoms. The molecule has 2 amide bonds. The highest BCUT2D eigenvalue weighted by molar-refractivity contribution is 5.99. The largest absolute Gasteiger partial charge is 0.464 e. The Morgan fingerprint density at radius 2 is 0.771 bits per heavy atom. The first-order valence-corrected chi connectivity index (χ1v) is 21.2. The van der Waals surface area contributed by atoms with Crippen molar-refractivity contribution >= 4 is 17.8 Å². The maximum absolute atomic E-state index is 13.5. The number of nitrogens with two attached hydrogens (primary N) is 1. The smallest absolute Gasteiger partial charge is 0.329 e. The van der Waals surface area contributed by atoms with Crippen LogP contribution in [0.5, 0.6) is 0 Å². The SMILES string of the molecule is CCCCCCCCCCCCCCCCCC(=O)N(C(=O)CCCCCCCCCCCCCCC)[C@@H](CCCCN)C(=O)OCC. The number of ether oxygens (including phenoxy) is 1. The zero-order valence-electron chi connectivity index (χ0n) is 32.5. The molecule has 0 aliphatic heterocycles. The van der Waals surface area contributed by atoms with Crippen molar-refractivity contribution in [1.82, 2.24) is 4.90 Å². The first kappa shape index (κ1) is 46.6. The predicted octanol–water partition coefficient (Wildman–Crippen LogP) is 12.1. The van der Waals surface area contributed by atoms with Gasteiger partial charge in [-0.05, 0) is 45.6 Å². The molecule has 0 aliphatic rings. The van der Waals surface area contributed by atoms with E-state index in [0.29, 0.717) is 32.2 Å². The molecule has 0 radical (unpaired) electrons. The van der Waals surface area contributed by atoms with E-state index in [-0.39, 0.29) is 18.4 Å². The van der Waals surface area contributed by atoms with Gasteiger partial charge in [-0.3, -0.25) is 14.5 Å². The van der Waals surface area contributed by atoms with E-state index in [0.717, 1.165) is 44.9 Å². The highest BCUT2D eigenvalue weighted by Gasteiger charge is 2.34. The Morgan fingerprint density at radius 3 is 1.06 bits per heavy atom. The Bertz CT molecular complexity index is 728. The minimum absolute atomic E-state index is 0.213. The van der Waals surface area contributed by atoms with Gasteiger partial charge in [0.15, 0.2) is 0 Å². The number of carbonyl (C=O) groups excluding carboxylic acids is 3. The van der Waals surface area contributed by atoms with Crippen molar-refractivity contribution in [2.45, 2.75) is 239 Å². The molecule has 2 N–H and O–H groups in total. The van der Waals surface area contributed by atoms with Gasteiger partial charge in [0, 0.05) is 12.8 Å². The summed E-state index contributed by atoms with van der Waals surface area (Å²) in [5.41, 5.74) is 5.71. The molecule has 1 atom stereocenters. The van der Waals surface area contributed by atoms with Gasteiger partial charge >= 0.3 is 5.97 Å². The second kappa shape index (κ2) is 36.8. The summed E-state index contributed by atoms with van der Waals surface area (Å²) in [7, 11) is 0. The molecule has 0 aromatic carbocycles. The van der Waals surface area contributed by atoms with E-state index < -0.39 is 12.0 Å². The number of amides is 2. The second-order valence-electron chi connectivity index (χ2n) is 14.4. The second-order valence-corrected chi connectivity index (χ2v) is 14.4. The molecule has 48 heavy (non-hydrogen) atoms. The Kier molecular flexibility index (Phi) is 35.7. The molecule has 0 heterocycles. The lowest BCUT2D eigenvalue weighted by atomic mass is 10.0. The number of nitrogens with zero attached hydrogens (tertiary/aromatic N) is 1. The average molecular weight is 679 g/mol. The van der Waals surface area contributed by atoms with Gasteiger partial charge in [-0.2, -0.15) is 0 Å². The summed E-state index contributed by atoms with van der Waals surface area (Å²) >= 11 is 0. The maximum Gasteiger partial charge on any atom is 0.329 e. The van der Waals surface area contributed by atoms with Gasteiger partial charge in [0.05, 0.1) is 6.61 Å². The molecule has 0 saturated heterocycles. The summed E-state index contributed by atoms with van der Waals surface area (Å²) < 4.78 is 5.35. The van der Waals surface area contributed by atoms with E-state index in [1.165, 1.54) is 146 Å². The third kappa shape index (κ3) is 28.4. The fourth-order valence-corrected chi connectivity index (χ4v) is 6.74. The summed E-state index contributed by atoms with van der Waals surface area (Å²) in [4.78, 5) is 41.3. The lowest BCUT2D eigenvalue weighted by molar-refractivity contribution is -0.161. The van der Waals surface area contributed by atoms with Crippen LogP contribution in [-0.4, -0.2) is 41.9 Å². The fourth-order valence-electron chi connectivity index (χ4n) is 6.74. The van der Waals surface area contributed by atoms with Crippen molar-refractivity contribution < 1.29 is 19.1 Å². The van der Waals surface area contributed by atoms with Crippen LogP contribution < -0.4 is 5.73 Å². The number of unbranched alkanes of at least 4 members (excludes halogenated alkanes) is 27. The highest BCUT2D eigenvalue weighted by atomic mass is 16.5. The molecule has 0 rings (SSSR count). The fraction of sp³-hybridized carbons (Fsp3) is 0.929. The summed E-state index contributed by atoms with van der Waals surface area (Å²) in [6, 6.07) is -0.838. The minimum Gasteiger partial charge on any atom is -0.464 e. The molecular formula is C42H82N2O4. The van der Waals surface area contributed by atoms with Gasteiger partial charge < -0.3 is 10.5 Å². The first-order chi connectivity index (χ1) is 23.5. The van der Waals surface area contributed by atoms with Crippen molar-refractivity contribution in [3.8, 4) is 0 Å². The van der Waals surface area contributed by atoms with Crippen molar-refractivity contribution in [2.75, 3.05) is 13.2 Å². The van der Waals surface area contributed by atoms with Crippen LogP contribution in [0.2, 0.25) is 0 Å². The number of hydrogen-bond donors (Lipinski definition) is 1. The Labute approximate surface area is 298 Å². The van der Waals surface area contributed by atoms with Gasteiger partial charge in [-0.1, -0.05) is 181 Å². The Morgan fingerprint density at radius 1 is 0.458 bits per heavy atom. The third-order valence-corrected chi connectivity index (χ3v) is 9.83. The minimum atomic E-state index is -0.838. The summed E-state index contributed by atoms with van der Waals surface area (Å²) in [5, 5.41) is 0. The highest BCUT2D eigenvalue weighted by Crippen LogP contribution is 2.19. The van der Waals surface area contributed by atoms with E-state index in [2.05, 4.69) is 13.8 Å². The molecule has 0 saturated carbocycles. The Hall–Kier alpha value is -1.43. The van der Waals surface area contributed by atoms with E-state index in [1.54, 1.807) is 6.92 Å². The van der Waals surface area contributed by atoms with Gasteiger partial charge in [0.25, 0.3) is 0 Å². The molecule has 284 valence electrons. The predicted molar refractivity (Wildman–Crippen MR) is 205 cm³/mol. The van der Waals surface area contributed by atoms with Crippen LogP contribution in [0.15, 0.2) is 0 Å². The molecule has 6 nitrogen and oxygen atoms in total. The normalized spacial score (nSPS) is 11.9. The van der Waals surface area contributed by atoms with E-state index in [1.807, 2.05) is 0 Å². The number of carbonyl (C=O) groups is 3. The zero-order valence-corrected chi connectivity index (χ0v) is 32.5. The molecule has 0 aliphatic carbocycles. The number of hydrogen-bond acceptors (Lipinski definition) is 5. The molecule has 0 fully saturated rings. The van der Waals surface area contributed by atoms with E-state index in [9.17, 15) is 14.4 Å². The number of esters is 1. The lowest BCUT2D eigenvalue weighted by Crippen LogP contribution is -2.49. The van der Waals surface area contributed by atoms with Gasteiger partial charge in [0.2, 0.25) is 11.8 Å². The van der Waals surface area contributed by atoms with Gasteiger partial charge in [-0.25, -0.2) is 4.79 Å². The average Bonchev–Trinajstić information content (AvgIpc) is 3.08. The maximum atomic E-state index is 13.5. The van der Waals surface area contributed by atoms with Crippen LogP contribution in [0, 0.1) is 0 Å². The third-order valence-electron chi connectivity index (χ3n) is 9.83. The van der Waals surface area contributed by atoms with E-state index in [4.69, 9.17) is 10.5 Å². The van der Waals surface area contributed by atoms with Crippen molar-refractivity contribution in [2.24, 2.45) is 5.73 Å². The lowest BCUT2D eigenvalue weighted by Gasteiger charge is -2.29. The van der Waals surface area contributed by atoms with Crippen molar-refractivity contribution in [1.29, 1.82) is 0 Å². The monoisotopic (exact) mass is 679 g/mol. The molecule has 0 unspecified atom stereocenters. The standard InChI is InChI=1S/C42H82N2O4/c1-4-7-9-11-13-15-17-19-20-22-24-26-28-30-32-37-41(46)44(39(35-33-34-38-43)42(47)48-6-3)40(45)36-31-29-27-25-23-21-18-16-14-12-10-8-5-2/h39H,4-38,43H2,1-3H3/t39-/m0/s1. The zero-order chi connectivity index (χ0) is 35.3. The van der Waals surface area contributed by atoms with E-state index >= 15 is 0 Å². The molecular weight excluding hydrogens is 596 g/mol. The topological polar surface area (TPSA) is 89.7 Å². The first-order valence-electron chi connectivity index (χ1n) is 21.2. The van der Waals surface area contributed by atoms with Crippen molar-refractivity contribution in [3.63, 3.8) is 0 Å². The van der Waals surface area contributed by atoms with Crippen LogP contribution in [0.25, 0.3) is 0 Å². The molecule has 0 spiro atoms. The summed E-state index contributed by atoms with van der Waals surface area (Å²) in [5.74, 6) is -0.886. The molecule has 0 bridgehead atoms. The van der Waals surface area contributed by atoms with Crippen LogP contribution in [0.1, 0.15) is 233 Å². The quantitative estimate of drug-likeness (QED) is 0.0521. The van der Waals surface area contributed by atoms with Gasteiger partial charge in [0.1, 0.15) is 6.04 Å².